The van der Waals surface area contributed by atoms with E-state index in [2.05, 4.69) is 17.4 Å². The van der Waals surface area contributed by atoms with Gasteiger partial charge in [0, 0.05) is 6.42 Å². The van der Waals surface area contributed by atoms with Crippen molar-refractivity contribution >= 4 is 5.97 Å². The Kier molecular flexibility index (Phi) is 5.62. The number of ether oxygens (including phenoxy) is 1. The first-order valence-electron chi connectivity index (χ1n) is 7.77. The van der Waals surface area contributed by atoms with Crippen LogP contribution in [0.3, 0.4) is 0 Å². The number of fused-ring (bicyclic) bond motifs is 1. The molecule has 1 aromatic rings. The van der Waals surface area contributed by atoms with Crippen molar-refractivity contribution in [1.82, 2.24) is 5.32 Å². The maximum Gasteiger partial charge on any atom is 0.320 e. The van der Waals surface area contributed by atoms with Gasteiger partial charge in [-0.2, -0.15) is 0 Å². The van der Waals surface area contributed by atoms with Crippen molar-refractivity contribution in [3.05, 3.63) is 29.3 Å². The van der Waals surface area contributed by atoms with Gasteiger partial charge in [0.2, 0.25) is 0 Å². The van der Waals surface area contributed by atoms with Gasteiger partial charge in [0.15, 0.2) is 0 Å². The third kappa shape index (κ3) is 4.74. The Bertz CT molecular complexity index is 485. The van der Waals surface area contributed by atoms with E-state index in [1.54, 1.807) is 0 Å². The molecule has 0 radical (unpaired) electrons. The number of aliphatic carboxylic acids is 1. The molecule has 0 saturated carbocycles. The molecular weight excluding hydrogens is 266 g/mol. The first-order valence-corrected chi connectivity index (χ1v) is 7.77. The van der Waals surface area contributed by atoms with Crippen LogP contribution in [-0.2, 0) is 17.6 Å². The summed E-state index contributed by atoms with van der Waals surface area (Å²) in [6.45, 7) is 5.61. The predicted octanol–water partition coefficient (Wildman–Crippen LogP) is 2.64. The molecule has 0 aliphatic carbocycles. The summed E-state index contributed by atoms with van der Waals surface area (Å²) in [7, 11) is 0. The third-order valence-corrected chi connectivity index (χ3v) is 3.79. The molecule has 0 spiro atoms. The van der Waals surface area contributed by atoms with Gasteiger partial charge >= 0.3 is 5.97 Å². The highest BCUT2D eigenvalue weighted by molar-refractivity contribution is 5.73. The molecule has 0 bridgehead atoms. The van der Waals surface area contributed by atoms with E-state index in [-0.39, 0.29) is 0 Å². The molecule has 1 heterocycles. The molecule has 21 heavy (non-hydrogen) atoms. The monoisotopic (exact) mass is 291 g/mol. The second kappa shape index (κ2) is 7.46. The lowest BCUT2D eigenvalue weighted by Crippen LogP contribution is -2.38. The van der Waals surface area contributed by atoms with E-state index < -0.39 is 12.0 Å². The fourth-order valence-corrected chi connectivity index (χ4v) is 2.71. The Hall–Kier alpha value is -1.55. The summed E-state index contributed by atoms with van der Waals surface area (Å²) in [5, 5.41) is 12.3. The van der Waals surface area contributed by atoms with Gasteiger partial charge in [0.25, 0.3) is 0 Å². The van der Waals surface area contributed by atoms with Crippen LogP contribution < -0.4 is 10.1 Å². The maximum atomic E-state index is 11.2. The van der Waals surface area contributed by atoms with Gasteiger partial charge in [0.1, 0.15) is 11.8 Å². The fourth-order valence-electron chi connectivity index (χ4n) is 2.71. The molecule has 4 heteroatoms. The van der Waals surface area contributed by atoms with E-state index in [0.717, 1.165) is 38.2 Å². The number of nitrogens with one attached hydrogen (secondary N) is 1. The van der Waals surface area contributed by atoms with Crippen LogP contribution in [0.2, 0.25) is 0 Å². The predicted molar refractivity (Wildman–Crippen MR) is 82.8 cm³/mol. The van der Waals surface area contributed by atoms with Gasteiger partial charge < -0.3 is 15.2 Å². The highest BCUT2D eigenvalue weighted by atomic mass is 16.5. The Balaban J connectivity index is 1.75. The summed E-state index contributed by atoms with van der Waals surface area (Å²) in [5.41, 5.74) is 2.60. The van der Waals surface area contributed by atoms with Crippen molar-refractivity contribution in [3.63, 3.8) is 0 Å². The maximum absolute atomic E-state index is 11.2. The van der Waals surface area contributed by atoms with Gasteiger partial charge in [-0.3, -0.25) is 4.79 Å². The van der Waals surface area contributed by atoms with Gasteiger partial charge in [-0.15, -0.1) is 0 Å². The van der Waals surface area contributed by atoms with Crippen LogP contribution >= 0.6 is 0 Å². The number of rotatable bonds is 8. The molecule has 0 amide bonds. The number of aryl methyl sites for hydroxylation is 1. The van der Waals surface area contributed by atoms with Gasteiger partial charge in [0.05, 0.1) is 6.61 Å². The minimum Gasteiger partial charge on any atom is -0.493 e. The third-order valence-electron chi connectivity index (χ3n) is 3.79. The molecular formula is C17H25NO3. The van der Waals surface area contributed by atoms with Crippen molar-refractivity contribution in [1.29, 1.82) is 0 Å². The topological polar surface area (TPSA) is 58.6 Å². The normalized spacial score (nSPS) is 14.8. The Labute approximate surface area is 126 Å². The first kappa shape index (κ1) is 15.8. The lowest BCUT2D eigenvalue weighted by molar-refractivity contribution is -0.139. The highest BCUT2D eigenvalue weighted by Gasteiger charge is 2.17. The van der Waals surface area contributed by atoms with E-state index in [9.17, 15) is 4.79 Å². The average molecular weight is 291 g/mol. The number of hydrogen-bond donors (Lipinski definition) is 2. The van der Waals surface area contributed by atoms with E-state index in [1.165, 1.54) is 11.1 Å². The molecule has 1 unspecified atom stereocenters. The van der Waals surface area contributed by atoms with Crippen LogP contribution in [0.1, 0.15) is 37.8 Å². The zero-order valence-corrected chi connectivity index (χ0v) is 12.9. The minimum absolute atomic E-state index is 0.385. The number of carboxylic acid groups (broad SMARTS) is 1. The fraction of sp³-hybridized carbons (Fsp3) is 0.588. The summed E-state index contributed by atoms with van der Waals surface area (Å²) in [5.74, 6) is 0.647. The lowest BCUT2D eigenvalue weighted by atomic mass is 10.0. The first-order chi connectivity index (χ1) is 10.1. The van der Waals surface area contributed by atoms with Crippen LogP contribution in [-0.4, -0.2) is 30.3 Å². The molecule has 116 valence electrons. The Morgan fingerprint density at radius 2 is 2.24 bits per heavy atom. The molecule has 0 aromatic heterocycles. The lowest BCUT2D eigenvalue weighted by Gasteiger charge is -2.16. The largest absolute Gasteiger partial charge is 0.493 e. The van der Waals surface area contributed by atoms with Crippen LogP contribution in [0.5, 0.6) is 5.75 Å². The molecule has 2 rings (SSSR count). The molecule has 1 aliphatic heterocycles. The van der Waals surface area contributed by atoms with Crippen LogP contribution in [0.25, 0.3) is 0 Å². The molecule has 0 fully saturated rings. The molecule has 1 atom stereocenters. The van der Waals surface area contributed by atoms with E-state index in [0.29, 0.717) is 12.3 Å². The summed E-state index contributed by atoms with van der Waals surface area (Å²) >= 11 is 0. The number of carbonyl (C=O) groups is 1. The van der Waals surface area contributed by atoms with Crippen molar-refractivity contribution in [2.24, 2.45) is 5.92 Å². The second-order valence-electron chi connectivity index (χ2n) is 6.12. The van der Waals surface area contributed by atoms with E-state index >= 15 is 0 Å². The van der Waals surface area contributed by atoms with Crippen LogP contribution in [0.15, 0.2) is 18.2 Å². The molecule has 1 aliphatic rings. The standard InChI is InChI=1S/C17H25NO3/c1-12(2)10-15(17(19)20)18-8-3-4-13-5-6-16-14(11-13)7-9-21-16/h5-6,11-12,15,18H,3-4,7-10H2,1-2H3,(H,19,20). The summed E-state index contributed by atoms with van der Waals surface area (Å²) in [4.78, 5) is 11.2. The quantitative estimate of drug-likeness (QED) is 0.723. The molecule has 1 aromatic carbocycles. The summed E-state index contributed by atoms with van der Waals surface area (Å²) < 4.78 is 5.50. The van der Waals surface area contributed by atoms with Gasteiger partial charge in [-0.05, 0) is 48.9 Å². The van der Waals surface area contributed by atoms with Crippen molar-refractivity contribution in [2.45, 2.75) is 45.6 Å². The molecule has 2 N–H and O–H groups in total. The Morgan fingerprint density at radius 1 is 1.43 bits per heavy atom. The SMILES string of the molecule is CC(C)CC(NCCCc1ccc2c(c1)CCO2)C(=O)O. The van der Waals surface area contributed by atoms with E-state index in [1.807, 2.05) is 19.9 Å². The number of hydrogen-bond acceptors (Lipinski definition) is 3. The zero-order valence-electron chi connectivity index (χ0n) is 12.9. The highest BCUT2D eigenvalue weighted by Crippen LogP contribution is 2.26. The van der Waals surface area contributed by atoms with Crippen molar-refractivity contribution in [2.75, 3.05) is 13.2 Å². The van der Waals surface area contributed by atoms with Crippen molar-refractivity contribution in [3.8, 4) is 5.75 Å². The number of carboxylic acids is 1. The van der Waals surface area contributed by atoms with Crippen LogP contribution in [0, 0.1) is 5.92 Å². The minimum atomic E-state index is -0.752. The second-order valence-corrected chi connectivity index (χ2v) is 6.12. The van der Waals surface area contributed by atoms with E-state index in [4.69, 9.17) is 9.84 Å². The molecule has 4 nitrogen and oxygen atoms in total. The van der Waals surface area contributed by atoms with Gasteiger partial charge in [-0.25, -0.2) is 0 Å². The Morgan fingerprint density at radius 3 is 2.95 bits per heavy atom. The number of benzene rings is 1. The average Bonchev–Trinajstić information content (AvgIpc) is 2.89. The van der Waals surface area contributed by atoms with Crippen LogP contribution in [0.4, 0.5) is 0 Å². The van der Waals surface area contributed by atoms with Gasteiger partial charge in [-0.1, -0.05) is 26.0 Å². The smallest absolute Gasteiger partial charge is 0.320 e. The molecule has 0 saturated heterocycles. The van der Waals surface area contributed by atoms with Crippen molar-refractivity contribution < 1.29 is 14.6 Å². The summed E-state index contributed by atoms with van der Waals surface area (Å²) in [6, 6.07) is 5.93. The summed E-state index contributed by atoms with van der Waals surface area (Å²) in [6.07, 6.45) is 3.58. The zero-order chi connectivity index (χ0) is 15.2.